The molecule has 5 aliphatic carbocycles. The molecule has 0 atom stereocenters. The van der Waals surface area contributed by atoms with Crippen molar-refractivity contribution in [1.29, 1.82) is 0 Å². The third kappa shape index (κ3) is 5.40. The molecule has 0 heterocycles. The van der Waals surface area contributed by atoms with E-state index in [-0.39, 0.29) is 16.2 Å². The van der Waals surface area contributed by atoms with Crippen molar-refractivity contribution in [2.45, 2.75) is 116 Å². The van der Waals surface area contributed by atoms with Crippen LogP contribution in [0.25, 0.3) is 22.3 Å². The molecule has 0 spiro atoms. The summed E-state index contributed by atoms with van der Waals surface area (Å²) in [5.41, 5.74) is 16.7. The van der Waals surface area contributed by atoms with Gasteiger partial charge in [0.2, 0.25) is 0 Å². The fraction of sp³-hybridized carbons (Fsp3) is 0.412. The van der Waals surface area contributed by atoms with Gasteiger partial charge in [0, 0.05) is 22.4 Å². The lowest BCUT2D eigenvalue weighted by molar-refractivity contribution is -0.00518. The molecule has 266 valence electrons. The topological polar surface area (TPSA) is 3.24 Å². The molecule has 4 bridgehead atoms. The molecule has 52 heavy (non-hydrogen) atoms. The van der Waals surface area contributed by atoms with Crippen molar-refractivity contribution in [3.8, 4) is 22.3 Å². The Morgan fingerprint density at radius 1 is 0.577 bits per heavy atom. The molecule has 10 rings (SSSR count). The Bertz CT molecular complexity index is 2100. The van der Waals surface area contributed by atoms with Crippen molar-refractivity contribution in [3.63, 3.8) is 0 Å². The SMILES string of the molecule is CC(C)(C)c1cc2c(c(C(C)(C)C)c1)C(C)(C)c1cccc(N(c3ccc(-c4ccccc4)cc3)c3ccc(C45CC6CC(CC(C6)C4)C5)cc3)c1-2. The monoisotopic (exact) mass is 683 g/mol. The highest BCUT2D eigenvalue weighted by molar-refractivity contribution is 5.96. The molecular weight excluding hydrogens is 627 g/mol. The summed E-state index contributed by atoms with van der Waals surface area (Å²) in [5.74, 6) is 2.82. The zero-order valence-electron chi connectivity index (χ0n) is 32.8. The summed E-state index contributed by atoms with van der Waals surface area (Å²) in [6.07, 6.45) is 8.63. The molecule has 0 aliphatic heterocycles. The lowest BCUT2D eigenvalue weighted by atomic mass is 9.48. The summed E-state index contributed by atoms with van der Waals surface area (Å²) in [7, 11) is 0. The fourth-order valence-corrected chi connectivity index (χ4v) is 11.5. The van der Waals surface area contributed by atoms with Crippen LogP contribution in [0.15, 0.2) is 109 Å². The van der Waals surface area contributed by atoms with Gasteiger partial charge < -0.3 is 4.90 Å². The van der Waals surface area contributed by atoms with Crippen LogP contribution in [0.3, 0.4) is 0 Å². The van der Waals surface area contributed by atoms with Crippen LogP contribution in [0.5, 0.6) is 0 Å². The average Bonchev–Trinajstić information content (AvgIpc) is 3.34. The Hall–Kier alpha value is -4.10. The number of nitrogens with zero attached hydrogens (tertiary/aromatic N) is 1. The first-order valence-electron chi connectivity index (χ1n) is 20.1. The Morgan fingerprint density at radius 3 is 1.69 bits per heavy atom. The molecule has 4 saturated carbocycles. The average molecular weight is 684 g/mol. The first-order valence-corrected chi connectivity index (χ1v) is 20.1. The van der Waals surface area contributed by atoms with Gasteiger partial charge in [-0.15, -0.1) is 0 Å². The molecule has 0 N–H and O–H groups in total. The second-order valence-corrected chi connectivity index (χ2v) is 19.8. The van der Waals surface area contributed by atoms with E-state index in [0.717, 1.165) is 17.8 Å². The van der Waals surface area contributed by atoms with Crippen molar-refractivity contribution in [2.75, 3.05) is 4.90 Å². The van der Waals surface area contributed by atoms with Crippen molar-refractivity contribution in [2.24, 2.45) is 17.8 Å². The number of hydrogen-bond donors (Lipinski definition) is 0. The van der Waals surface area contributed by atoms with Gasteiger partial charge >= 0.3 is 0 Å². The molecule has 5 aliphatic rings. The van der Waals surface area contributed by atoms with Crippen LogP contribution in [0.1, 0.15) is 122 Å². The van der Waals surface area contributed by atoms with Crippen LogP contribution in [0, 0.1) is 17.8 Å². The maximum Gasteiger partial charge on any atom is 0.0543 e. The Balaban J connectivity index is 1.23. The number of rotatable bonds is 5. The predicted octanol–water partition coefficient (Wildman–Crippen LogP) is 14.2. The van der Waals surface area contributed by atoms with Gasteiger partial charge in [0.05, 0.1) is 5.69 Å². The summed E-state index contributed by atoms with van der Waals surface area (Å²) in [6, 6.07) is 42.1. The molecule has 0 unspecified atom stereocenters. The number of benzene rings is 5. The molecule has 4 fully saturated rings. The molecule has 5 aromatic carbocycles. The van der Waals surface area contributed by atoms with Crippen LogP contribution >= 0.6 is 0 Å². The normalized spacial score (nSPS) is 24.1. The van der Waals surface area contributed by atoms with Gasteiger partial charge in [-0.05, 0) is 147 Å². The van der Waals surface area contributed by atoms with Gasteiger partial charge in [0.1, 0.15) is 0 Å². The lowest BCUT2D eigenvalue weighted by Gasteiger charge is -2.57. The Kier molecular flexibility index (Phi) is 7.59. The van der Waals surface area contributed by atoms with Crippen molar-refractivity contribution >= 4 is 17.1 Å². The molecule has 1 heteroatoms. The fourth-order valence-electron chi connectivity index (χ4n) is 11.5. The van der Waals surface area contributed by atoms with E-state index in [1.165, 1.54) is 100 Å². The van der Waals surface area contributed by atoms with E-state index in [2.05, 4.69) is 169 Å². The maximum atomic E-state index is 2.56. The standard InChI is InChI=1S/C51H57N/c1-48(2,3)39-28-42-46-43(50(7,8)47(42)44(29-39)49(4,5)6)15-12-16-45(46)52(40-21-17-37(18-22-40)36-13-10-9-11-14-36)41-23-19-38(20-24-41)51-30-33-25-34(31-51)27-35(26-33)32-51/h9-24,28-29,33-35H,25-27,30-32H2,1-8H3. The van der Waals surface area contributed by atoms with Crippen molar-refractivity contribution in [3.05, 3.63) is 137 Å². The van der Waals surface area contributed by atoms with Crippen LogP contribution in [0.4, 0.5) is 17.1 Å². The summed E-state index contributed by atoms with van der Waals surface area (Å²) in [6.45, 7) is 19.2. The smallest absolute Gasteiger partial charge is 0.0543 e. The van der Waals surface area contributed by atoms with E-state index in [4.69, 9.17) is 0 Å². The first kappa shape index (κ1) is 33.7. The van der Waals surface area contributed by atoms with Gasteiger partial charge in [0.15, 0.2) is 0 Å². The van der Waals surface area contributed by atoms with E-state index < -0.39 is 0 Å². The van der Waals surface area contributed by atoms with Crippen LogP contribution in [-0.2, 0) is 21.7 Å². The second kappa shape index (κ2) is 11.7. The predicted molar refractivity (Wildman–Crippen MR) is 221 cm³/mol. The quantitative estimate of drug-likeness (QED) is 0.178. The highest BCUT2D eigenvalue weighted by Crippen LogP contribution is 2.61. The van der Waals surface area contributed by atoms with Crippen LogP contribution < -0.4 is 4.90 Å². The van der Waals surface area contributed by atoms with Gasteiger partial charge in [-0.25, -0.2) is 0 Å². The highest BCUT2D eigenvalue weighted by atomic mass is 15.1. The molecule has 0 saturated heterocycles. The minimum absolute atomic E-state index is 0.0187. The van der Waals surface area contributed by atoms with Gasteiger partial charge in [-0.2, -0.15) is 0 Å². The van der Waals surface area contributed by atoms with Gasteiger partial charge in [0.25, 0.3) is 0 Å². The second-order valence-electron chi connectivity index (χ2n) is 19.8. The van der Waals surface area contributed by atoms with Crippen molar-refractivity contribution < 1.29 is 0 Å². The summed E-state index contributed by atoms with van der Waals surface area (Å²) < 4.78 is 0. The minimum atomic E-state index is -0.120. The largest absolute Gasteiger partial charge is 0.310 e. The molecular formula is C51H57N. The number of anilines is 3. The number of hydrogen-bond acceptors (Lipinski definition) is 1. The zero-order valence-corrected chi connectivity index (χ0v) is 32.8. The molecule has 1 nitrogen and oxygen atoms in total. The molecule has 5 aromatic rings. The van der Waals surface area contributed by atoms with E-state index >= 15 is 0 Å². The van der Waals surface area contributed by atoms with E-state index in [9.17, 15) is 0 Å². The lowest BCUT2D eigenvalue weighted by Crippen LogP contribution is -2.48. The highest BCUT2D eigenvalue weighted by Gasteiger charge is 2.51. The zero-order chi connectivity index (χ0) is 36.2. The van der Waals surface area contributed by atoms with E-state index in [1.807, 2.05) is 0 Å². The molecule has 0 aromatic heterocycles. The van der Waals surface area contributed by atoms with Gasteiger partial charge in [-0.3, -0.25) is 0 Å². The first-order chi connectivity index (χ1) is 24.7. The maximum absolute atomic E-state index is 2.56. The van der Waals surface area contributed by atoms with E-state index in [0.29, 0.717) is 5.41 Å². The van der Waals surface area contributed by atoms with Crippen LogP contribution in [-0.4, -0.2) is 0 Å². The van der Waals surface area contributed by atoms with Crippen molar-refractivity contribution in [1.82, 2.24) is 0 Å². The van der Waals surface area contributed by atoms with Crippen LogP contribution in [0.2, 0.25) is 0 Å². The summed E-state index contributed by atoms with van der Waals surface area (Å²) in [4.78, 5) is 2.56. The third-order valence-corrected chi connectivity index (χ3v) is 13.7. The Labute approximate surface area is 313 Å². The molecule has 0 amide bonds. The minimum Gasteiger partial charge on any atom is -0.310 e. The summed E-state index contributed by atoms with van der Waals surface area (Å²) in [5, 5.41) is 0. The number of fused-ring (bicyclic) bond motifs is 3. The Morgan fingerprint density at radius 2 is 1.13 bits per heavy atom. The van der Waals surface area contributed by atoms with Gasteiger partial charge in [-0.1, -0.05) is 134 Å². The van der Waals surface area contributed by atoms with E-state index in [1.54, 1.807) is 5.56 Å². The molecule has 0 radical (unpaired) electrons. The third-order valence-electron chi connectivity index (χ3n) is 13.7. The summed E-state index contributed by atoms with van der Waals surface area (Å²) >= 11 is 0.